The Bertz CT molecular complexity index is 770. The molecule has 0 radical (unpaired) electrons. The van der Waals surface area contributed by atoms with Gasteiger partial charge in [-0.15, -0.1) is 6.58 Å². The standard InChI is InChI=1S/C20H23N3O4/c1-2-15-8-20(15,12-24)22-18(25)17-7-16(9-21-17)27-19(26)23-10-13-5-3-4-6-14(13)11-23/h2-6,12,15-17,21H,1,7-11H2,(H,22,25)/t15-,16-,17+,20+/m1/s1. The number of aldehydes is 1. The van der Waals surface area contributed by atoms with Crippen LogP contribution in [0.5, 0.6) is 0 Å². The van der Waals surface area contributed by atoms with Crippen molar-refractivity contribution in [3.05, 3.63) is 48.0 Å². The fourth-order valence-corrected chi connectivity index (χ4v) is 3.90. The van der Waals surface area contributed by atoms with Gasteiger partial charge in [-0.25, -0.2) is 4.79 Å². The molecule has 4 atom stereocenters. The van der Waals surface area contributed by atoms with E-state index < -0.39 is 11.6 Å². The molecule has 2 amide bonds. The van der Waals surface area contributed by atoms with Crippen LogP contribution >= 0.6 is 0 Å². The molecule has 2 fully saturated rings. The van der Waals surface area contributed by atoms with Gasteiger partial charge in [0.2, 0.25) is 5.91 Å². The Hall–Kier alpha value is -2.67. The van der Waals surface area contributed by atoms with Gasteiger partial charge in [-0.1, -0.05) is 30.3 Å². The summed E-state index contributed by atoms with van der Waals surface area (Å²) in [7, 11) is 0. The van der Waals surface area contributed by atoms with Crippen LogP contribution in [0.15, 0.2) is 36.9 Å². The van der Waals surface area contributed by atoms with Gasteiger partial charge in [0.25, 0.3) is 0 Å². The number of fused-ring (bicyclic) bond motifs is 1. The lowest BCUT2D eigenvalue weighted by atomic mass is 10.1. The first kappa shape index (κ1) is 17.7. The molecule has 0 bridgehead atoms. The number of hydrogen-bond acceptors (Lipinski definition) is 5. The van der Waals surface area contributed by atoms with E-state index in [9.17, 15) is 14.4 Å². The minimum absolute atomic E-state index is 0.00854. The number of nitrogens with zero attached hydrogens (tertiary/aromatic N) is 1. The third kappa shape index (κ3) is 3.35. The summed E-state index contributed by atoms with van der Waals surface area (Å²) in [5.41, 5.74) is 1.46. The maximum absolute atomic E-state index is 12.4. The average molecular weight is 369 g/mol. The molecule has 1 saturated carbocycles. The number of rotatable bonds is 5. The molecule has 3 aliphatic rings. The topological polar surface area (TPSA) is 87.7 Å². The van der Waals surface area contributed by atoms with Gasteiger partial charge < -0.3 is 20.2 Å². The van der Waals surface area contributed by atoms with Crippen LogP contribution in [-0.4, -0.2) is 47.4 Å². The molecule has 0 aromatic heterocycles. The molecule has 7 nitrogen and oxygen atoms in total. The maximum Gasteiger partial charge on any atom is 0.410 e. The summed E-state index contributed by atoms with van der Waals surface area (Å²) in [5, 5.41) is 5.89. The molecule has 1 aromatic carbocycles. The molecule has 2 heterocycles. The second kappa shape index (κ2) is 6.81. The van der Waals surface area contributed by atoms with E-state index in [0.717, 1.165) is 17.4 Å². The quantitative estimate of drug-likeness (QED) is 0.600. The Morgan fingerprint density at radius 1 is 1.30 bits per heavy atom. The number of carbonyl (C=O) groups is 3. The first-order chi connectivity index (χ1) is 13.0. The van der Waals surface area contributed by atoms with E-state index >= 15 is 0 Å². The zero-order valence-corrected chi connectivity index (χ0v) is 15.0. The molecule has 4 rings (SSSR count). The van der Waals surface area contributed by atoms with E-state index in [1.807, 2.05) is 24.3 Å². The molecule has 142 valence electrons. The lowest BCUT2D eigenvalue weighted by Crippen LogP contribution is -2.48. The maximum atomic E-state index is 12.4. The van der Waals surface area contributed by atoms with Gasteiger partial charge in [0, 0.05) is 32.0 Å². The van der Waals surface area contributed by atoms with Crippen molar-refractivity contribution in [3.63, 3.8) is 0 Å². The van der Waals surface area contributed by atoms with Crippen LogP contribution in [0.25, 0.3) is 0 Å². The predicted octanol–water partition coefficient (Wildman–Crippen LogP) is 1.13. The van der Waals surface area contributed by atoms with E-state index in [1.165, 1.54) is 0 Å². The molecular weight excluding hydrogens is 346 g/mol. The minimum Gasteiger partial charge on any atom is -0.445 e. The highest BCUT2D eigenvalue weighted by atomic mass is 16.6. The van der Waals surface area contributed by atoms with Gasteiger partial charge in [-0.3, -0.25) is 9.69 Å². The average Bonchev–Trinajstić information content (AvgIpc) is 3.01. The SMILES string of the molecule is C=C[C@@H]1C[C@@]1(C=O)NC(=O)[C@@H]1C[C@@H](OC(=O)N2Cc3ccccc3C2)CN1. The third-order valence-corrected chi connectivity index (χ3v) is 5.68. The third-order valence-electron chi connectivity index (χ3n) is 5.68. The first-order valence-corrected chi connectivity index (χ1v) is 9.21. The second-order valence-corrected chi connectivity index (χ2v) is 7.52. The number of benzene rings is 1. The van der Waals surface area contributed by atoms with Gasteiger partial charge >= 0.3 is 6.09 Å². The lowest BCUT2D eigenvalue weighted by Gasteiger charge is -2.19. The van der Waals surface area contributed by atoms with Gasteiger partial charge in [0.1, 0.15) is 17.9 Å². The first-order valence-electron chi connectivity index (χ1n) is 9.21. The van der Waals surface area contributed by atoms with Crippen LogP contribution in [-0.2, 0) is 27.4 Å². The summed E-state index contributed by atoms with van der Waals surface area (Å²) in [5.74, 6) is -0.246. The number of carbonyl (C=O) groups excluding carboxylic acids is 3. The fraction of sp³-hybridized carbons (Fsp3) is 0.450. The van der Waals surface area contributed by atoms with E-state index in [2.05, 4.69) is 17.2 Å². The van der Waals surface area contributed by atoms with Crippen LogP contribution in [0, 0.1) is 5.92 Å². The van der Waals surface area contributed by atoms with E-state index in [1.54, 1.807) is 11.0 Å². The molecule has 0 spiro atoms. The number of nitrogens with one attached hydrogen (secondary N) is 2. The van der Waals surface area contributed by atoms with Crippen molar-refractivity contribution in [3.8, 4) is 0 Å². The zero-order valence-electron chi connectivity index (χ0n) is 15.0. The van der Waals surface area contributed by atoms with E-state index in [4.69, 9.17) is 4.74 Å². The van der Waals surface area contributed by atoms with Crippen LogP contribution < -0.4 is 10.6 Å². The van der Waals surface area contributed by atoms with Gasteiger partial charge in [0.15, 0.2) is 0 Å². The second-order valence-electron chi connectivity index (χ2n) is 7.52. The Morgan fingerprint density at radius 3 is 2.59 bits per heavy atom. The Labute approximate surface area is 157 Å². The number of ether oxygens (including phenoxy) is 1. The summed E-state index contributed by atoms with van der Waals surface area (Å²) < 4.78 is 5.58. The fourth-order valence-electron chi connectivity index (χ4n) is 3.90. The van der Waals surface area contributed by atoms with Crippen molar-refractivity contribution >= 4 is 18.3 Å². The van der Waals surface area contributed by atoms with Gasteiger partial charge in [-0.2, -0.15) is 0 Å². The Balaban J connectivity index is 1.28. The van der Waals surface area contributed by atoms with Crippen molar-refractivity contribution in [1.82, 2.24) is 15.5 Å². The molecule has 1 aliphatic carbocycles. The van der Waals surface area contributed by atoms with E-state index in [0.29, 0.717) is 32.5 Å². The Morgan fingerprint density at radius 2 is 2.00 bits per heavy atom. The van der Waals surface area contributed by atoms with Crippen molar-refractivity contribution < 1.29 is 19.1 Å². The van der Waals surface area contributed by atoms with Crippen LogP contribution in [0.3, 0.4) is 0 Å². The normalized spacial score (nSPS) is 31.1. The van der Waals surface area contributed by atoms with Crippen LogP contribution in [0.4, 0.5) is 4.79 Å². The van der Waals surface area contributed by atoms with Gasteiger partial charge in [0.05, 0.1) is 6.04 Å². The highest BCUT2D eigenvalue weighted by molar-refractivity contribution is 5.88. The largest absolute Gasteiger partial charge is 0.445 e. The molecule has 1 aromatic rings. The van der Waals surface area contributed by atoms with Gasteiger partial charge in [-0.05, 0) is 17.5 Å². The Kier molecular flexibility index (Phi) is 4.47. The molecule has 1 saturated heterocycles. The molecular formula is C20H23N3O4. The monoisotopic (exact) mass is 369 g/mol. The highest BCUT2D eigenvalue weighted by Crippen LogP contribution is 2.42. The summed E-state index contributed by atoms with van der Waals surface area (Å²) in [6.07, 6.45) is 2.73. The van der Waals surface area contributed by atoms with E-state index in [-0.39, 0.29) is 24.0 Å². The molecule has 2 N–H and O–H groups in total. The molecule has 7 heteroatoms. The zero-order chi connectivity index (χ0) is 19.0. The number of amides is 2. The summed E-state index contributed by atoms with van der Waals surface area (Å²) in [4.78, 5) is 37.8. The molecule has 27 heavy (non-hydrogen) atoms. The summed E-state index contributed by atoms with van der Waals surface area (Å²) in [6, 6.07) is 7.47. The highest BCUT2D eigenvalue weighted by Gasteiger charge is 2.54. The van der Waals surface area contributed by atoms with Crippen LogP contribution in [0.1, 0.15) is 24.0 Å². The van der Waals surface area contributed by atoms with Crippen molar-refractivity contribution in [2.75, 3.05) is 6.54 Å². The summed E-state index contributed by atoms with van der Waals surface area (Å²) in [6.45, 7) is 5.19. The van der Waals surface area contributed by atoms with Crippen LogP contribution in [0.2, 0.25) is 0 Å². The van der Waals surface area contributed by atoms with Crippen molar-refractivity contribution in [2.45, 2.75) is 43.6 Å². The van der Waals surface area contributed by atoms with Crippen molar-refractivity contribution in [2.24, 2.45) is 5.92 Å². The summed E-state index contributed by atoms with van der Waals surface area (Å²) >= 11 is 0. The number of hydrogen-bond donors (Lipinski definition) is 2. The molecule has 0 unspecified atom stereocenters. The lowest BCUT2D eigenvalue weighted by molar-refractivity contribution is -0.126. The minimum atomic E-state index is -0.809. The molecule has 2 aliphatic heterocycles. The van der Waals surface area contributed by atoms with Crippen molar-refractivity contribution in [1.29, 1.82) is 0 Å². The smallest absolute Gasteiger partial charge is 0.410 e. The predicted molar refractivity (Wildman–Crippen MR) is 97.6 cm³/mol.